The minimum atomic E-state index is -5.07. The minimum Gasteiger partial charge on any atom is -0.497 e. The summed E-state index contributed by atoms with van der Waals surface area (Å²) in [5.41, 5.74) is -3.70. The summed E-state index contributed by atoms with van der Waals surface area (Å²) < 4.78 is 84.2. The molecule has 0 aliphatic heterocycles. The Kier molecular flexibility index (Phi) is 6.71. The van der Waals surface area contributed by atoms with E-state index in [4.69, 9.17) is 4.74 Å². The number of anilines is 1. The van der Waals surface area contributed by atoms with E-state index in [1.807, 2.05) is 5.32 Å². The first-order valence-electron chi connectivity index (χ1n) is 9.64. The van der Waals surface area contributed by atoms with Crippen molar-refractivity contribution in [3.63, 3.8) is 0 Å². The van der Waals surface area contributed by atoms with Crippen molar-refractivity contribution >= 4 is 11.6 Å². The highest BCUT2D eigenvalue weighted by Gasteiger charge is 2.37. The summed E-state index contributed by atoms with van der Waals surface area (Å²) in [4.78, 5) is 24.9. The summed E-state index contributed by atoms with van der Waals surface area (Å²) in [6, 6.07) is 8.51. The lowest BCUT2D eigenvalue weighted by atomic mass is 10.1. The quantitative estimate of drug-likeness (QED) is 0.507. The van der Waals surface area contributed by atoms with Crippen molar-refractivity contribution in [3.05, 3.63) is 76.1 Å². The van der Waals surface area contributed by atoms with Crippen LogP contribution >= 0.6 is 0 Å². The Hall–Kier alpha value is -3.83. The van der Waals surface area contributed by atoms with Crippen LogP contribution in [-0.2, 0) is 17.1 Å². The smallest absolute Gasteiger partial charge is 0.416 e. The van der Waals surface area contributed by atoms with Gasteiger partial charge in [0.25, 0.3) is 5.56 Å². The van der Waals surface area contributed by atoms with Gasteiger partial charge < -0.3 is 10.1 Å². The molecule has 34 heavy (non-hydrogen) atoms. The second-order valence-electron chi connectivity index (χ2n) is 7.19. The zero-order chi connectivity index (χ0) is 25.3. The first-order chi connectivity index (χ1) is 15.8. The molecule has 12 heteroatoms. The molecule has 3 rings (SSSR count). The van der Waals surface area contributed by atoms with Crippen LogP contribution < -0.4 is 15.6 Å². The third-order valence-corrected chi connectivity index (χ3v) is 4.81. The number of benzene rings is 2. The summed E-state index contributed by atoms with van der Waals surface area (Å²) in [6.45, 7) is 1.24. The molecule has 1 amide bonds. The van der Waals surface area contributed by atoms with Crippen molar-refractivity contribution in [2.75, 3.05) is 12.4 Å². The molecule has 0 saturated carbocycles. The number of rotatable bonds is 5. The maximum absolute atomic E-state index is 13.1. The van der Waals surface area contributed by atoms with E-state index in [0.29, 0.717) is 29.1 Å². The molecule has 1 N–H and O–H groups in total. The molecule has 1 unspecified atom stereocenters. The van der Waals surface area contributed by atoms with Crippen LogP contribution in [0.25, 0.3) is 11.3 Å². The number of halogens is 6. The molecule has 1 atom stereocenters. The van der Waals surface area contributed by atoms with Crippen LogP contribution in [0.15, 0.2) is 59.4 Å². The number of methoxy groups -OCH3 is 1. The molecule has 2 aromatic carbocycles. The fourth-order valence-corrected chi connectivity index (χ4v) is 3.00. The van der Waals surface area contributed by atoms with Gasteiger partial charge in [-0.15, -0.1) is 0 Å². The van der Waals surface area contributed by atoms with Crippen molar-refractivity contribution in [3.8, 4) is 17.0 Å². The van der Waals surface area contributed by atoms with Crippen LogP contribution in [0.2, 0.25) is 0 Å². The summed E-state index contributed by atoms with van der Waals surface area (Å²) in [7, 11) is 1.48. The molecule has 6 nitrogen and oxygen atoms in total. The SMILES string of the molecule is COc1ccc(-c2ccc(=O)n(C(C)C(=O)Nc3cc(C(F)(F)F)cc(C(F)(F)F)c3)n2)cc1. The summed E-state index contributed by atoms with van der Waals surface area (Å²) in [5, 5.41) is 6.13. The van der Waals surface area contributed by atoms with Gasteiger partial charge in [-0.05, 0) is 55.5 Å². The van der Waals surface area contributed by atoms with Crippen LogP contribution in [0.5, 0.6) is 5.75 Å². The maximum Gasteiger partial charge on any atom is 0.416 e. The molecular formula is C22H17F6N3O3. The highest BCUT2D eigenvalue weighted by molar-refractivity contribution is 5.93. The standard InChI is InChI=1S/C22H17F6N3O3/c1-12(31-19(32)8-7-18(30-31)13-3-5-17(34-2)6-4-13)20(33)29-16-10-14(21(23,24)25)9-15(11-16)22(26,27)28/h3-12H,1-2H3,(H,29,33). The molecule has 3 aromatic rings. The Morgan fingerprint density at radius 3 is 2.00 bits per heavy atom. The molecule has 1 aromatic heterocycles. The number of ether oxygens (including phenoxy) is 1. The largest absolute Gasteiger partial charge is 0.497 e. The van der Waals surface area contributed by atoms with Crippen molar-refractivity contribution in [1.29, 1.82) is 0 Å². The Bertz CT molecular complexity index is 1220. The number of hydrogen-bond donors (Lipinski definition) is 1. The number of carbonyl (C=O) groups excluding carboxylic acids is 1. The highest BCUT2D eigenvalue weighted by Crippen LogP contribution is 2.37. The van der Waals surface area contributed by atoms with E-state index in [1.165, 1.54) is 20.1 Å². The molecule has 180 valence electrons. The van der Waals surface area contributed by atoms with Gasteiger partial charge in [-0.25, -0.2) is 4.68 Å². The average molecular weight is 485 g/mol. The van der Waals surface area contributed by atoms with Gasteiger partial charge in [0, 0.05) is 17.3 Å². The lowest BCUT2D eigenvalue weighted by Crippen LogP contribution is -2.33. The van der Waals surface area contributed by atoms with E-state index in [-0.39, 0.29) is 6.07 Å². The van der Waals surface area contributed by atoms with Gasteiger partial charge in [0.15, 0.2) is 0 Å². The van der Waals surface area contributed by atoms with Crippen molar-refractivity contribution in [2.24, 2.45) is 0 Å². The van der Waals surface area contributed by atoms with Crippen LogP contribution in [0.1, 0.15) is 24.1 Å². The molecule has 0 saturated heterocycles. The molecule has 0 spiro atoms. The number of carbonyl (C=O) groups is 1. The first-order valence-corrected chi connectivity index (χ1v) is 9.64. The van der Waals surface area contributed by atoms with Crippen LogP contribution in [0.3, 0.4) is 0 Å². The topological polar surface area (TPSA) is 73.2 Å². The fraction of sp³-hybridized carbons (Fsp3) is 0.227. The lowest BCUT2D eigenvalue weighted by Gasteiger charge is -2.17. The minimum absolute atomic E-state index is 0.0521. The molecule has 0 bridgehead atoms. The fourth-order valence-electron chi connectivity index (χ4n) is 3.00. The Labute approximate surface area is 188 Å². The Morgan fingerprint density at radius 1 is 0.941 bits per heavy atom. The second-order valence-corrected chi connectivity index (χ2v) is 7.19. The van der Waals surface area contributed by atoms with Crippen molar-refractivity contribution in [2.45, 2.75) is 25.3 Å². The normalized spacial score (nSPS) is 12.8. The first kappa shape index (κ1) is 24.8. The van der Waals surface area contributed by atoms with E-state index in [0.717, 1.165) is 10.7 Å². The number of hydrogen-bond acceptors (Lipinski definition) is 4. The number of amides is 1. The number of alkyl halides is 6. The van der Waals surface area contributed by atoms with E-state index < -0.39 is 46.7 Å². The number of nitrogens with zero attached hydrogens (tertiary/aromatic N) is 2. The van der Waals surface area contributed by atoms with Crippen molar-refractivity contribution in [1.82, 2.24) is 9.78 Å². The highest BCUT2D eigenvalue weighted by atomic mass is 19.4. The summed E-state index contributed by atoms with van der Waals surface area (Å²) in [6.07, 6.45) is -10.1. The monoisotopic (exact) mass is 485 g/mol. The molecule has 0 radical (unpaired) electrons. The van der Waals surface area contributed by atoms with Gasteiger partial charge in [-0.3, -0.25) is 9.59 Å². The predicted octanol–water partition coefficient (Wildman–Crippen LogP) is 5.16. The van der Waals surface area contributed by atoms with Gasteiger partial charge in [-0.2, -0.15) is 31.4 Å². The molecule has 0 aliphatic carbocycles. The zero-order valence-electron chi connectivity index (χ0n) is 17.7. The maximum atomic E-state index is 13.1. The number of aromatic nitrogens is 2. The zero-order valence-corrected chi connectivity index (χ0v) is 17.7. The van der Waals surface area contributed by atoms with E-state index >= 15 is 0 Å². The molecule has 0 fully saturated rings. The Morgan fingerprint density at radius 2 is 1.50 bits per heavy atom. The van der Waals surface area contributed by atoms with Crippen LogP contribution in [-0.4, -0.2) is 22.8 Å². The summed E-state index contributed by atoms with van der Waals surface area (Å²) >= 11 is 0. The molecule has 0 aliphatic rings. The predicted molar refractivity (Wildman–Crippen MR) is 110 cm³/mol. The Balaban J connectivity index is 1.92. The van der Waals surface area contributed by atoms with E-state index in [2.05, 4.69) is 5.10 Å². The van der Waals surface area contributed by atoms with Gasteiger partial charge in [0.2, 0.25) is 5.91 Å². The van der Waals surface area contributed by atoms with Gasteiger partial charge >= 0.3 is 12.4 Å². The van der Waals surface area contributed by atoms with Crippen molar-refractivity contribution < 1.29 is 35.9 Å². The molecular weight excluding hydrogens is 468 g/mol. The van der Waals surface area contributed by atoms with Gasteiger partial charge in [0.05, 0.1) is 23.9 Å². The third-order valence-electron chi connectivity index (χ3n) is 4.81. The number of nitrogens with one attached hydrogen (secondary N) is 1. The van der Waals surface area contributed by atoms with Gasteiger partial charge in [-0.1, -0.05) is 0 Å². The molecule has 1 heterocycles. The summed E-state index contributed by atoms with van der Waals surface area (Å²) in [5.74, 6) is -0.460. The average Bonchev–Trinajstić information content (AvgIpc) is 2.77. The second kappa shape index (κ2) is 9.20. The van der Waals surface area contributed by atoms with E-state index in [1.54, 1.807) is 24.3 Å². The van der Waals surface area contributed by atoms with E-state index in [9.17, 15) is 35.9 Å². The van der Waals surface area contributed by atoms with Gasteiger partial charge in [0.1, 0.15) is 11.8 Å². The third kappa shape index (κ3) is 5.56. The van der Waals surface area contributed by atoms with Crippen LogP contribution in [0, 0.1) is 0 Å². The lowest BCUT2D eigenvalue weighted by molar-refractivity contribution is -0.143. The van der Waals surface area contributed by atoms with Crippen LogP contribution in [0.4, 0.5) is 32.0 Å².